The number of rotatable bonds is 7. The highest BCUT2D eigenvalue weighted by Gasteiger charge is 2.24. The van der Waals surface area contributed by atoms with Crippen molar-refractivity contribution < 1.29 is 9.53 Å². The van der Waals surface area contributed by atoms with Gasteiger partial charge in [0.2, 0.25) is 0 Å². The number of nitrogens with one attached hydrogen (secondary N) is 1. The van der Waals surface area contributed by atoms with Crippen molar-refractivity contribution in [2.45, 2.75) is 39.7 Å². The number of methoxy groups -OCH3 is 1. The van der Waals surface area contributed by atoms with Crippen LogP contribution in [0.3, 0.4) is 0 Å². The fraction of sp³-hybridized carbons (Fsp3) is 0.588. The summed E-state index contributed by atoms with van der Waals surface area (Å²) in [6.45, 7) is 9.26. The van der Waals surface area contributed by atoms with Crippen molar-refractivity contribution >= 4 is 5.97 Å². The van der Waals surface area contributed by atoms with E-state index in [4.69, 9.17) is 4.74 Å². The summed E-state index contributed by atoms with van der Waals surface area (Å²) in [5, 5.41) is 3.38. The van der Waals surface area contributed by atoms with Crippen LogP contribution in [0, 0.1) is 11.8 Å². The maximum atomic E-state index is 11.8. The van der Waals surface area contributed by atoms with Crippen LogP contribution in [0.1, 0.15) is 39.2 Å². The summed E-state index contributed by atoms with van der Waals surface area (Å²) >= 11 is 0. The molecule has 0 bridgehead atoms. The lowest BCUT2D eigenvalue weighted by molar-refractivity contribution is -0.144. The molecule has 0 heterocycles. The van der Waals surface area contributed by atoms with Gasteiger partial charge in [0.15, 0.2) is 0 Å². The van der Waals surface area contributed by atoms with Crippen molar-refractivity contribution in [1.29, 1.82) is 0 Å². The van der Waals surface area contributed by atoms with Gasteiger partial charge in [0.05, 0.1) is 7.11 Å². The highest BCUT2D eigenvalue weighted by Crippen LogP contribution is 2.23. The SMILES string of the molecule is COC(=O)C(NCC(c1ccccc1)C(C)C)C(C)C. The van der Waals surface area contributed by atoms with Crippen LogP contribution in [0.4, 0.5) is 0 Å². The second kappa shape index (κ2) is 8.05. The van der Waals surface area contributed by atoms with Crippen molar-refractivity contribution in [2.24, 2.45) is 11.8 Å². The second-order valence-corrected chi connectivity index (χ2v) is 5.91. The lowest BCUT2D eigenvalue weighted by atomic mass is 9.88. The predicted molar refractivity (Wildman–Crippen MR) is 82.7 cm³/mol. The number of hydrogen-bond acceptors (Lipinski definition) is 3. The number of benzene rings is 1. The van der Waals surface area contributed by atoms with Gasteiger partial charge in [0.1, 0.15) is 6.04 Å². The molecular formula is C17H27NO2. The molecule has 0 spiro atoms. The first kappa shape index (κ1) is 16.7. The van der Waals surface area contributed by atoms with Crippen molar-refractivity contribution in [3.8, 4) is 0 Å². The molecular weight excluding hydrogens is 250 g/mol. The smallest absolute Gasteiger partial charge is 0.323 e. The minimum absolute atomic E-state index is 0.185. The number of ether oxygens (including phenoxy) is 1. The van der Waals surface area contributed by atoms with Crippen LogP contribution in [-0.4, -0.2) is 25.7 Å². The van der Waals surface area contributed by atoms with Crippen LogP contribution in [0.2, 0.25) is 0 Å². The van der Waals surface area contributed by atoms with Crippen molar-refractivity contribution in [1.82, 2.24) is 5.32 Å². The minimum Gasteiger partial charge on any atom is -0.468 e. The molecule has 0 saturated heterocycles. The molecule has 1 aromatic carbocycles. The van der Waals surface area contributed by atoms with Crippen molar-refractivity contribution in [3.63, 3.8) is 0 Å². The van der Waals surface area contributed by atoms with Gasteiger partial charge in [-0.2, -0.15) is 0 Å². The standard InChI is InChI=1S/C17H27NO2/c1-12(2)15(14-9-7-6-8-10-14)11-18-16(13(3)4)17(19)20-5/h6-10,12-13,15-16,18H,11H2,1-5H3. The molecule has 0 fully saturated rings. The van der Waals surface area contributed by atoms with Gasteiger partial charge in [0.25, 0.3) is 0 Å². The summed E-state index contributed by atoms with van der Waals surface area (Å²) in [7, 11) is 1.44. The quantitative estimate of drug-likeness (QED) is 0.778. The van der Waals surface area contributed by atoms with E-state index < -0.39 is 0 Å². The molecule has 0 amide bonds. The Morgan fingerprint density at radius 2 is 1.70 bits per heavy atom. The Bertz CT molecular complexity index is 401. The molecule has 2 atom stereocenters. The van der Waals surface area contributed by atoms with Gasteiger partial charge in [-0.25, -0.2) is 0 Å². The lowest BCUT2D eigenvalue weighted by Crippen LogP contribution is -2.44. The molecule has 0 radical (unpaired) electrons. The molecule has 1 aromatic rings. The van der Waals surface area contributed by atoms with Crippen LogP contribution in [0.25, 0.3) is 0 Å². The number of carbonyl (C=O) groups is 1. The average Bonchev–Trinajstić information content (AvgIpc) is 2.43. The molecule has 2 unspecified atom stereocenters. The second-order valence-electron chi connectivity index (χ2n) is 5.91. The van der Waals surface area contributed by atoms with E-state index in [-0.39, 0.29) is 17.9 Å². The maximum Gasteiger partial charge on any atom is 0.323 e. The van der Waals surface area contributed by atoms with E-state index in [2.05, 4.69) is 43.4 Å². The fourth-order valence-electron chi connectivity index (χ4n) is 2.41. The van der Waals surface area contributed by atoms with Crippen LogP contribution >= 0.6 is 0 Å². The van der Waals surface area contributed by atoms with E-state index >= 15 is 0 Å². The molecule has 1 rings (SSSR count). The Hall–Kier alpha value is -1.35. The first-order chi connectivity index (χ1) is 9.47. The minimum atomic E-state index is -0.245. The Kier molecular flexibility index (Phi) is 6.73. The average molecular weight is 277 g/mol. The molecule has 0 aromatic heterocycles. The predicted octanol–water partition coefficient (Wildman–Crippen LogP) is 3.21. The third-order valence-electron chi connectivity index (χ3n) is 3.71. The first-order valence-corrected chi connectivity index (χ1v) is 7.33. The summed E-state index contributed by atoms with van der Waals surface area (Å²) in [5.41, 5.74) is 1.31. The highest BCUT2D eigenvalue weighted by atomic mass is 16.5. The van der Waals surface area contributed by atoms with Gasteiger partial charge in [-0.15, -0.1) is 0 Å². The Labute approximate surface area is 122 Å². The number of carbonyl (C=O) groups excluding carboxylic acids is 1. The summed E-state index contributed by atoms with van der Waals surface area (Å²) in [5.74, 6) is 0.930. The molecule has 3 heteroatoms. The molecule has 0 aliphatic heterocycles. The Morgan fingerprint density at radius 3 is 2.15 bits per heavy atom. The van der Waals surface area contributed by atoms with E-state index in [1.54, 1.807) is 0 Å². The van der Waals surface area contributed by atoms with Gasteiger partial charge < -0.3 is 10.1 Å². The normalized spacial score (nSPS) is 14.3. The lowest BCUT2D eigenvalue weighted by Gasteiger charge is -2.26. The highest BCUT2D eigenvalue weighted by molar-refractivity contribution is 5.75. The van der Waals surface area contributed by atoms with Gasteiger partial charge >= 0.3 is 5.97 Å². The Balaban J connectivity index is 2.74. The molecule has 3 nitrogen and oxygen atoms in total. The van der Waals surface area contributed by atoms with Gasteiger partial charge in [0, 0.05) is 6.54 Å². The molecule has 1 N–H and O–H groups in total. The zero-order valence-corrected chi connectivity index (χ0v) is 13.2. The van der Waals surface area contributed by atoms with Crippen molar-refractivity contribution in [3.05, 3.63) is 35.9 Å². The number of hydrogen-bond donors (Lipinski definition) is 1. The van der Waals surface area contributed by atoms with E-state index in [0.29, 0.717) is 11.8 Å². The van der Waals surface area contributed by atoms with E-state index in [0.717, 1.165) is 6.54 Å². The summed E-state index contributed by atoms with van der Waals surface area (Å²) < 4.78 is 4.87. The van der Waals surface area contributed by atoms with Crippen LogP contribution in [0.15, 0.2) is 30.3 Å². The third kappa shape index (κ3) is 4.64. The zero-order valence-electron chi connectivity index (χ0n) is 13.2. The van der Waals surface area contributed by atoms with E-state index in [9.17, 15) is 4.79 Å². The Morgan fingerprint density at radius 1 is 1.10 bits per heavy atom. The van der Waals surface area contributed by atoms with E-state index in [1.807, 2.05) is 19.9 Å². The molecule has 112 valence electrons. The van der Waals surface area contributed by atoms with Crippen molar-refractivity contribution in [2.75, 3.05) is 13.7 Å². The van der Waals surface area contributed by atoms with Crippen LogP contribution in [0.5, 0.6) is 0 Å². The number of esters is 1. The van der Waals surface area contributed by atoms with Crippen LogP contribution in [-0.2, 0) is 9.53 Å². The third-order valence-corrected chi connectivity index (χ3v) is 3.71. The molecule has 0 aliphatic rings. The summed E-state index contributed by atoms with van der Waals surface area (Å²) in [6, 6.07) is 10.2. The van der Waals surface area contributed by atoms with Gasteiger partial charge in [-0.1, -0.05) is 58.0 Å². The van der Waals surface area contributed by atoms with E-state index in [1.165, 1.54) is 12.7 Å². The maximum absolute atomic E-state index is 11.8. The molecule has 0 aliphatic carbocycles. The molecule has 20 heavy (non-hydrogen) atoms. The van der Waals surface area contributed by atoms with Gasteiger partial charge in [-0.3, -0.25) is 4.79 Å². The van der Waals surface area contributed by atoms with Gasteiger partial charge in [-0.05, 0) is 23.3 Å². The topological polar surface area (TPSA) is 38.3 Å². The monoisotopic (exact) mass is 277 g/mol. The first-order valence-electron chi connectivity index (χ1n) is 7.33. The molecule has 0 saturated carbocycles. The summed E-state index contributed by atoms with van der Waals surface area (Å²) in [4.78, 5) is 11.8. The van der Waals surface area contributed by atoms with Crippen LogP contribution < -0.4 is 5.32 Å². The summed E-state index contributed by atoms with van der Waals surface area (Å²) in [6.07, 6.45) is 0. The fourth-order valence-corrected chi connectivity index (χ4v) is 2.41. The largest absolute Gasteiger partial charge is 0.468 e. The zero-order chi connectivity index (χ0) is 15.1.